The third-order valence-corrected chi connectivity index (χ3v) is 2.16. The predicted molar refractivity (Wildman–Crippen MR) is 42.8 cm³/mol. The first-order chi connectivity index (χ1) is 7.60. The van der Waals surface area contributed by atoms with E-state index in [0.717, 1.165) is 0 Å². The van der Waals surface area contributed by atoms with E-state index in [4.69, 9.17) is 0 Å². The maximum Gasteiger partial charge on any atom is 0.418 e. The zero-order valence-electron chi connectivity index (χ0n) is 7.75. The monoisotopic (exact) mass is 260 g/mol. The lowest BCUT2D eigenvalue weighted by Gasteiger charge is -2.17. The maximum absolute atomic E-state index is 12.7. The number of hydrogen-bond acceptors (Lipinski definition) is 0. The molecule has 1 N–H and O–H groups in total. The Morgan fingerprint density at radius 3 is 1.94 bits per heavy atom. The Kier molecular flexibility index (Phi) is 2.20. The van der Waals surface area contributed by atoms with Gasteiger partial charge in [-0.25, -0.2) is 0 Å². The van der Waals surface area contributed by atoms with Crippen LogP contribution < -0.4 is 0 Å². The van der Waals surface area contributed by atoms with Crippen molar-refractivity contribution >= 4 is 11.0 Å². The molecule has 0 aliphatic rings. The van der Waals surface area contributed by atoms with Crippen LogP contribution in [0.2, 0.25) is 0 Å². The second-order valence-corrected chi connectivity index (χ2v) is 3.31. The molecule has 9 heteroatoms. The van der Waals surface area contributed by atoms with E-state index in [-0.39, 0.29) is 6.07 Å². The molecule has 1 aromatic heterocycles. The number of fused-ring (bicyclic) bond motifs is 1. The Balaban J connectivity index is 2.72. The molecule has 1 heterocycles. The van der Waals surface area contributed by atoms with Gasteiger partial charge in [0.1, 0.15) is 5.52 Å². The van der Waals surface area contributed by atoms with Gasteiger partial charge in [-0.2, -0.15) is 26.3 Å². The Bertz CT molecular complexity index is 557. The van der Waals surface area contributed by atoms with Crippen molar-refractivity contribution in [2.24, 2.45) is 0 Å². The Hall–Kier alpha value is -1.67. The lowest BCUT2D eigenvalue weighted by atomic mass is 10.1. The van der Waals surface area contributed by atoms with Crippen molar-refractivity contribution in [3.8, 4) is 0 Å². The second kappa shape index (κ2) is 3.17. The molecule has 17 heavy (non-hydrogen) atoms. The molecule has 0 amide bonds. The highest BCUT2D eigenvalue weighted by Gasteiger charge is 2.40. The summed E-state index contributed by atoms with van der Waals surface area (Å²) in [6, 6.07) is 0.299. The first-order valence-electron chi connectivity index (χ1n) is 4.15. The summed E-state index contributed by atoms with van der Waals surface area (Å²) in [5.74, 6) is 0. The predicted octanol–water partition coefficient (Wildman–Crippen LogP) is 3.74. The van der Waals surface area contributed by atoms with Gasteiger partial charge in [-0.1, -0.05) is 4.48 Å². The molecule has 0 aliphatic carbocycles. The van der Waals surface area contributed by atoms with Gasteiger partial charge in [-0.3, -0.25) is 5.10 Å². The summed E-state index contributed by atoms with van der Waals surface area (Å²) in [6.45, 7) is 0. The molecule has 0 bridgehead atoms. The van der Waals surface area contributed by atoms with E-state index in [0.29, 0.717) is 6.07 Å². The molecule has 0 fully saturated rings. The fraction of sp³-hybridized carbons (Fsp3) is 0.250. The summed E-state index contributed by atoms with van der Waals surface area (Å²) in [6.07, 6.45) is -9.98. The quantitative estimate of drug-likeness (QED) is 0.696. The minimum atomic E-state index is -5.06. The van der Waals surface area contributed by atoms with Crippen molar-refractivity contribution < 1.29 is 30.8 Å². The third-order valence-electron chi connectivity index (χ3n) is 2.16. The minimum absolute atomic E-state index is 0.119. The Labute approximate surface area is 88.5 Å². The molecular weight excluding hydrogens is 257 g/mol. The van der Waals surface area contributed by atoms with E-state index in [2.05, 4.69) is 0 Å². The lowest BCUT2D eigenvalue weighted by molar-refractivity contribution is -0.142. The fourth-order valence-electron chi connectivity index (χ4n) is 1.42. The summed E-state index contributed by atoms with van der Waals surface area (Å²) in [5, 5.41) is 1.68. The molecule has 0 atom stereocenters. The van der Waals surface area contributed by atoms with Gasteiger partial charge in [0.05, 0.1) is 16.6 Å². The lowest BCUT2D eigenvalue weighted by Crippen LogP contribution is -2.16. The molecule has 2 rings (SSSR count). The fourth-order valence-corrected chi connectivity index (χ4v) is 1.42. The van der Waals surface area contributed by atoms with Gasteiger partial charge in [-0.05, 0) is 12.1 Å². The number of nitrogens with one attached hydrogen (secondary N) is 1. The van der Waals surface area contributed by atoms with Gasteiger partial charge in [-0.15, -0.1) is 4.90 Å². The van der Waals surface area contributed by atoms with Gasteiger partial charge in [0.15, 0.2) is 0 Å². The highest BCUT2D eigenvalue weighted by molar-refractivity contribution is 5.82. The molecule has 2 nitrogen and oxygen atoms in total. The van der Waals surface area contributed by atoms with Crippen LogP contribution in [0.5, 0.6) is 0 Å². The maximum atomic E-state index is 12.7. The summed E-state index contributed by atoms with van der Waals surface area (Å²) < 4.78 is 86.8. The van der Waals surface area contributed by atoms with Crippen LogP contribution in [0.1, 0.15) is 11.1 Å². The second-order valence-electron chi connectivity index (χ2n) is 3.31. The van der Waals surface area contributed by atoms with Crippen LogP contribution >= 0.6 is 0 Å². The molecular formula is C8H3F7N2. The van der Waals surface area contributed by atoms with Crippen LogP contribution in [0.4, 0.5) is 30.8 Å². The molecule has 0 saturated heterocycles. The van der Waals surface area contributed by atoms with Gasteiger partial charge in [0, 0.05) is 0 Å². The molecule has 94 valence electrons. The minimum Gasteiger partial charge on any atom is -0.268 e. The Morgan fingerprint density at radius 1 is 0.941 bits per heavy atom. The molecule has 2 aromatic rings. The van der Waals surface area contributed by atoms with Crippen molar-refractivity contribution in [1.29, 1.82) is 0 Å². The van der Waals surface area contributed by atoms with Crippen molar-refractivity contribution in [3.05, 3.63) is 23.3 Å². The number of nitrogens with zero attached hydrogens (tertiary/aromatic N) is 1. The smallest absolute Gasteiger partial charge is 0.268 e. The van der Waals surface area contributed by atoms with Crippen molar-refractivity contribution in [3.63, 3.8) is 0 Å². The zero-order valence-corrected chi connectivity index (χ0v) is 7.75. The molecule has 0 unspecified atom stereocenters. The standard InChI is InChI=1S/C8H3F7N2/c9-7(10,11)3-1-4(8(12,13)14)6-5(2-3)16-17(6)15/h1-2,16H. The van der Waals surface area contributed by atoms with E-state index >= 15 is 0 Å². The summed E-state index contributed by atoms with van der Waals surface area (Å²) in [4.78, 5) is -0.474. The van der Waals surface area contributed by atoms with Crippen LogP contribution in [-0.4, -0.2) is 10.0 Å². The van der Waals surface area contributed by atoms with Crippen molar-refractivity contribution in [2.45, 2.75) is 12.4 Å². The van der Waals surface area contributed by atoms with Crippen LogP contribution in [0.25, 0.3) is 11.0 Å². The summed E-state index contributed by atoms with van der Waals surface area (Å²) in [7, 11) is 0. The van der Waals surface area contributed by atoms with Crippen LogP contribution in [-0.2, 0) is 12.4 Å². The summed E-state index contributed by atoms with van der Waals surface area (Å²) in [5.41, 5.74) is -4.63. The first kappa shape index (κ1) is 11.8. The van der Waals surface area contributed by atoms with Gasteiger partial charge in [0.2, 0.25) is 0 Å². The highest BCUT2D eigenvalue weighted by Crippen LogP contribution is 2.40. The highest BCUT2D eigenvalue weighted by atomic mass is 19.4. The number of benzene rings is 1. The van der Waals surface area contributed by atoms with Crippen molar-refractivity contribution in [2.75, 3.05) is 0 Å². The molecule has 1 aromatic carbocycles. The molecule has 0 spiro atoms. The number of hydrogen-bond donors (Lipinski definition) is 1. The van der Waals surface area contributed by atoms with Crippen LogP contribution in [0.15, 0.2) is 12.1 Å². The van der Waals surface area contributed by atoms with Gasteiger partial charge in [0.25, 0.3) is 0 Å². The SMILES string of the molecule is Fn1[nH]c2cc(C(F)(F)F)cc(C(F)(F)F)c21. The average Bonchev–Trinajstić information content (AvgIpc) is 2.11. The number of H-pyrrole nitrogens is 1. The van der Waals surface area contributed by atoms with E-state index in [1.165, 1.54) is 0 Å². The van der Waals surface area contributed by atoms with Crippen LogP contribution in [0.3, 0.4) is 0 Å². The number of rotatable bonds is 0. The van der Waals surface area contributed by atoms with Gasteiger partial charge < -0.3 is 0 Å². The van der Waals surface area contributed by atoms with E-state index in [9.17, 15) is 30.8 Å². The third kappa shape index (κ3) is 1.85. The molecule has 0 saturated carbocycles. The molecule has 0 aliphatic heterocycles. The molecule has 0 radical (unpaired) electrons. The largest absolute Gasteiger partial charge is 0.418 e. The van der Waals surface area contributed by atoms with E-state index < -0.39 is 39.4 Å². The van der Waals surface area contributed by atoms with Crippen LogP contribution in [0, 0.1) is 0 Å². The Morgan fingerprint density at radius 2 is 1.53 bits per heavy atom. The summed E-state index contributed by atoms with van der Waals surface area (Å²) >= 11 is 0. The average molecular weight is 260 g/mol. The zero-order chi connectivity index (χ0) is 13.0. The van der Waals surface area contributed by atoms with Gasteiger partial charge >= 0.3 is 12.4 Å². The van der Waals surface area contributed by atoms with E-state index in [1.54, 1.807) is 5.10 Å². The number of halogens is 7. The topological polar surface area (TPSA) is 20.7 Å². The normalized spacial score (nSPS) is 13.6. The first-order valence-corrected chi connectivity index (χ1v) is 4.15. The van der Waals surface area contributed by atoms with Crippen molar-refractivity contribution in [1.82, 2.24) is 10.0 Å². The van der Waals surface area contributed by atoms with E-state index in [1.807, 2.05) is 0 Å². The number of alkyl halides is 6. The number of aromatic amines is 1. The number of aromatic nitrogens is 2.